The zero-order valence-electron chi connectivity index (χ0n) is 13.8. The third-order valence-corrected chi connectivity index (χ3v) is 5.33. The van der Waals surface area contributed by atoms with Crippen LogP contribution in [0.2, 0.25) is 0 Å². The molecule has 0 aromatic heterocycles. The standard InChI is InChI=1S/C21H18N2O/c1-21-12-15(13-22)18(14-8-4-3-5-9-14)19(21)16-10-6-7-11-17(16)23(2)20(21)24/h3-11,15H,12H2,1-2H3. The number of carbonyl (C=O) groups is 1. The highest BCUT2D eigenvalue weighted by atomic mass is 16.2. The van der Waals surface area contributed by atoms with Crippen molar-refractivity contribution in [3.05, 3.63) is 65.7 Å². The highest BCUT2D eigenvalue weighted by molar-refractivity contribution is 6.18. The van der Waals surface area contributed by atoms with E-state index in [1.807, 2.05) is 62.5 Å². The molecule has 2 atom stereocenters. The molecular weight excluding hydrogens is 296 g/mol. The summed E-state index contributed by atoms with van der Waals surface area (Å²) in [7, 11) is 1.82. The van der Waals surface area contributed by atoms with Gasteiger partial charge in [0.2, 0.25) is 5.91 Å². The van der Waals surface area contributed by atoms with Gasteiger partial charge in [0, 0.05) is 12.6 Å². The maximum absolute atomic E-state index is 13.1. The fourth-order valence-electron chi connectivity index (χ4n) is 4.25. The molecule has 1 heterocycles. The van der Waals surface area contributed by atoms with E-state index in [1.54, 1.807) is 4.90 Å². The van der Waals surface area contributed by atoms with Gasteiger partial charge in [0.15, 0.2) is 0 Å². The molecule has 24 heavy (non-hydrogen) atoms. The summed E-state index contributed by atoms with van der Waals surface area (Å²) >= 11 is 0. The van der Waals surface area contributed by atoms with Crippen molar-refractivity contribution in [2.24, 2.45) is 11.3 Å². The number of nitrogens with zero attached hydrogens (tertiary/aromatic N) is 2. The molecule has 4 rings (SSSR count). The molecule has 0 radical (unpaired) electrons. The topological polar surface area (TPSA) is 44.1 Å². The molecule has 2 aliphatic rings. The lowest BCUT2D eigenvalue weighted by Gasteiger charge is -2.38. The van der Waals surface area contributed by atoms with Gasteiger partial charge < -0.3 is 4.90 Å². The Bertz CT molecular complexity index is 907. The van der Waals surface area contributed by atoms with Gasteiger partial charge in [-0.25, -0.2) is 0 Å². The van der Waals surface area contributed by atoms with Crippen LogP contribution >= 0.6 is 0 Å². The van der Waals surface area contributed by atoms with Crippen molar-refractivity contribution >= 4 is 22.7 Å². The number of para-hydroxylation sites is 1. The largest absolute Gasteiger partial charge is 0.314 e. The zero-order valence-corrected chi connectivity index (χ0v) is 13.8. The molecule has 0 saturated heterocycles. The van der Waals surface area contributed by atoms with Crippen LogP contribution in [0.5, 0.6) is 0 Å². The normalized spacial score (nSPS) is 25.3. The Morgan fingerprint density at radius 1 is 1.12 bits per heavy atom. The molecule has 0 spiro atoms. The minimum absolute atomic E-state index is 0.0716. The first-order chi connectivity index (χ1) is 11.6. The summed E-state index contributed by atoms with van der Waals surface area (Å²) in [4.78, 5) is 14.8. The van der Waals surface area contributed by atoms with E-state index in [1.165, 1.54) is 0 Å². The molecule has 1 aliphatic heterocycles. The molecule has 1 amide bonds. The lowest BCUT2D eigenvalue weighted by atomic mass is 9.74. The van der Waals surface area contributed by atoms with Gasteiger partial charge in [-0.15, -0.1) is 0 Å². The van der Waals surface area contributed by atoms with Crippen molar-refractivity contribution in [1.29, 1.82) is 5.26 Å². The van der Waals surface area contributed by atoms with Crippen molar-refractivity contribution in [2.75, 3.05) is 11.9 Å². The SMILES string of the molecule is CN1C(=O)C2(C)CC(C#N)C(c3ccccc3)=C2c2ccccc21. The van der Waals surface area contributed by atoms with Gasteiger partial charge in [-0.05, 0) is 36.1 Å². The summed E-state index contributed by atoms with van der Waals surface area (Å²) in [6, 6.07) is 20.4. The zero-order chi connectivity index (χ0) is 16.9. The molecule has 0 N–H and O–H groups in total. The summed E-state index contributed by atoms with van der Waals surface area (Å²) in [5.41, 5.74) is 4.42. The number of amides is 1. The Balaban J connectivity index is 2.09. The molecule has 2 aromatic carbocycles. The Kier molecular flexibility index (Phi) is 3.11. The minimum atomic E-state index is -0.644. The summed E-state index contributed by atoms with van der Waals surface area (Å²) in [5, 5.41) is 9.75. The Labute approximate surface area is 141 Å². The van der Waals surface area contributed by atoms with Gasteiger partial charge in [0.1, 0.15) is 0 Å². The van der Waals surface area contributed by atoms with Gasteiger partial charge in [0.05, 0.1) is 23.1 Å². The first-order valence-corrected chi connectivity index (χ1v) is 8.15. The van der Waals surface area contributed by atoms with Crippen LogP contribution in [0.4, 0.5) is 5.69 Å². The maximum Gasteiger partial charge on any atom is 0.237 e. The summed E-state index contributed by atoms with van der Waals surface area (Å²) < 4.78 is 0. The predicted molar refractivity (Wildman–Crippen MR) is 94.9 cm³/mol. The molecule has 2 unspecified atom stereocenters. The fraction of sp³-hybridized carbons (Fsp3) is 0.238. The number of allylic oxidation sites excluding steroid dienone is 1. The smallest absolute Gasteiger partial charge is 0.237 e. The van der Waals surface area contributed by atoms with E-state index >= 15 is 0 Å². The predicted octanol–water partition coefficient (Wildman–Crippen LogP) is 4.12. The van der Waals surface area contributed by atoms with Crippen LogP contribution in [0, 0.1) is 22.7 Å². The number of hydrogen-bond acceptors (Lipinski definition) is 2. The van der Waals surface area contributed by atoms with Crippen molar-refractivity contribution in [3.8, 4) is 6.07 Å². The van der Waals surface area contributed by atoms with E-state index in [2.05, 4.69) is 12.1 Å². The summed E-state index contributed by atoms with van der Waals surface area (Å²) in [5.74, 6) is -0.196. The highest BCUT2D eigenvalue weighted by Crippen LogP contribution is 2.59. The third-order valence-electron chi connectivity index (χ3n) is 5.33. The highest BCUT2D eigenvalue weighted by Gasteiger charge is 2.52. The first-order valence-electron chi connectivity index (χ1n) is 8.15. The second-order valence-corrected chi connectivity index (χ2v) is 6.75. The molecule has 0 saturated carbocycles. The number of nitriles is 1. The van der Waals surface area contributed by atoms with Crippen LogP contribution < -0.4 is 4.90 Å². The van der Waals surface area contributed by atoms with Gasteiger partial charge in [-0.1, -0.05) is 48.5 Å². The second-order valence-electron chi connectivity index (χ2n) is 6.75. The fourth-order valence-corrected chi connectivity index (χ4v) is 4.25. The van der Waals surface area contributed by atoms with Crippen molar-refractivity contribution < 1.29 is 4.79 Å². The van der Waals surface area contributed by atoms with Crippen LogP contribution in [-0.2, 0) is 4.79 Å². The average Bonchev–Trinajstić information content (AvgIpc) is 2.94. The van der Waals surface area contributed by atoms with Crippen LogP contribution in [0.3, 0.4) is 0 Å². The quantitative estimate of drug-likeness (QED) is 0.794. The number of anilines is 1. The lowest BCUT2D eigenvalue weighted by molar-refractivity contribution is -0.124. The van der Waals surface area contributed by atoms with Gasteiger partial charge >= 0.3 is 0 Å². The third kappa shape index (κ3) is 1.80. The van der Waals surface area contributed by atoms with E-state index < -0.39 is 5.41 Å². The number of hydrogen-bond donors (Lipinski definition) is 0. The number of carbonyl (C=O) groups excluding carboxylic acids is 1. The van der Waals surface area contributed by atoms with Gasteiger partial charge in [-0.2, -0.15) is 5.26 Å². The number of fused-ring (bicyclic) bond motifs is 3. The van der Waals surface area contributed by atoms with Crippen LogP contribution in [0.25, 0.3) is 11.1 Å². The molecule has 118 valence electrons. The summed E-state index contributed by atoms with van der Waals surface area (Å²) in [6.45, 7) is 1.98. The van der Waals surface area contributed by atoms with Crippen LogP contribution in [0.1, 0.15) is 24.5 Å². The molecule has 0 fully saturated rings. The first kappa shape index (κ1) is 14.7. The van der Waals surface area contributed by atoms with Crippen molar-refractivity contribution in [1.82, 2.24) is 0 Å². The Morgan fingerprint density at radius 3 is 2.50 bits per heavy atom. The Morgan fingerprint density at radius 2 is 1.79 bits per heavy atom. The van der Waals surface area contributed by atoms with E-state index in [-0.39, 0.29) is 11.8 Å². The second kappa shape index (κ2) is 5.07. The number of rotatable bonds is 1. The molecule has 2 aromatic rings. The van der Waals surface area contributed by atoms with Gasteiger partial charge in [0.25, 0.3) is 0 Å². The van der Waals surface area contributed by atoms with Crippen LogP contribution in [-0.4, -0.2) is 13.0 Å². The van der Waals surface area contributed by atoms with E-state index in [4.69, 9.17) is 0 Å². The monoisotopic (exact) mass is 314 g/mol. The van der Waals surface area contributed by atoms with Crippen LogP contribution in [0.15, 0.2) is 54.6 Å². The molecule has 3 nitrogen and oxygen atoms in total. The van der Waals surface area contributed by atoms with Crippen molar-refractivity contribution in [2.45, 2.75) is 13.3 Å². The average molecular weight is 314 g/mol. The van der Waals surface area contributed by atoms with E-state index in [9.17, 15) is 10.1 Å². The molecule has 3 heteroatoms. The van der Waals surface area contributed by atoms with Gasteiger partial charge in [-0.3, -0.25) is 4.79 Å². The Hall–Kier alpha value is -2.86. The van der Waals surface area contributed by atoms with E-state index in [0.717, 1.165) is 28.0 Å². The minimum Gasteiger partial charge on any atom is -0.314 e. The maximum atomic E-state index is 13.1. The summed E-state index contributed by atoms with van der Waals surface area (Å²) in [6.07, 6.45) is 0.542. The number of benzene rings is 2. The molecule has 0 bridgehead atoms. The molecular formula is C21H18N2O. The van der Waals surface area contributed by atoms with Crippen molar-refractivity contribution in [3.63, 3.8) is 0 Å². The lowest BCUT2D eigenvalue weighted by Crippen LogP contribution is -2.44. The van der Waals surface area contributed by atoms with E-state index in [0.29, 0.717) is 6.42 Å². The molecule has 1 aliphatic carbocycles.